The highest BCUT2D eigenvalue weighted by molar-refractivity contribution is 5.97. The lowest BCUT2D eigenvalue weighted by atomic mass is 10.1. The van der Waals surface area contributed by atoms with Crippen molar-refractivity contribution in [1.82, 2.24) is 0 Å². The van der Waals surface area contributed by atoms with Crippen LogP contribution in [-0.4, -0.2) is 19.5 Å². The number of aryl methyl sites for hydroxylation is 1. The van der Waals surface area contributed by atoms with Gasteiger partial charge in [0.1, 0.15) is 11.5 Å². The Kier molecular flexibility index (Phi) is 5.38. The van der Waals surface area contributed by atoms with Gasteiger partial charge in [-0.25, -0.2) is 0 Å². The van der Waals surface area contributed by atoms with E-state index in [2.05, 4.69) is 6.92 Å². The molecule has 0 spiro atoms. The van der Waals surface area contributed by atoms with E-state index >= 15 is 0 Å². The third kappa shape index (κ3) is 4.35. The van der Waals surface area contributed by atoms with Crippen molar-refractivity contribution in [3.8, 4) is 11.5 Å². The molecule has 3 nitrogen and oxygen atoms in total. The summed E-state index contributed by atoms with van der Waals surface area (Å²) in [5.74, 6) is 1.32. The monoisotopic (exact) mass is 284 g/mol. The van der Waals surface area contributed by atoms with Crippen LogP contribution in [0.1, 0.15) is 29.3 Å². The average Bonchev–Trinajstić information content (AvgIpc) is 2.54. The number of benzene rings is 2. The van der Waals surface area contributed by atoms with Crippen molar-refractivity contribution in [2.45, 2.75) is 19.8 Å². The Bertz CT molecular complexity index is 588. The first-order valence-corrected chi connectivity index (χ1v) is 7.12. The molecule has 0 amide bonds. The zero-order valence-corrected chi connectivity index (χ0v) is 12.5. The minimum atomic E-state index is -0.0634. The van der Waals surface area contributed by atoms with E-state index < -0.39 is 0 Å². The van der Waals surface area contributed by atoms with Gasteiger partial charge in [-0.2, -0.15) is 0 Å². The molecule has 2 aromatic carbocycles. The molecule has 0 radical (unpaired) electrons. The summed E-state index contributed by atoms with van der Waals surface area (Å²) in [6.45, 7) is 2.18. The van der Waals surface area contributed by atoms with Crippen LogP contribution in [0.15, 0.2) is 48.5 Å². The molecule has 0 heterocycles. The molecule has 0 atom stereocenters. The first kappa shape index (κ1) is 15.1. The molecule has 110 valence electrons. The first-order chi connectivity index (χ1) is 10.2. The normalized spacial score (nSPS) is 10.2. The molecule has 0 aromatic heterocycles. The summed E-state index contributed by atoms with van der Waals surface area (Å²) in [5, 5.41) is 0. The van der Waals surface area contributed by atoms with E-state index in [1.807, 2.05) is 30.3 Å². The third-order valence-corrected chi connectivity index (χ3v) is 3.22. The minimum absolute atomic E-state index is 0.0281. The summed E-state index contributed by atoms with van der Waals surface area (Å²) in [6, 6.07) is 15.0. The summed E-state index contributed by atoms with van der Waals surface area (Å²) in [4.78, 5) is 12.1. The summed E-state index contributed by atoms with van der Waals surface area (Å²) < 4.78 is 10.6. The van der Waals surface area contributed by atoms with Crippen LogP contribution in [0.3, 0.4) is 0 Å². The molecule has 0 saturated heterocycles. The number of hydrogen-bond donors (Lipinski definition) is 0. The van der Waals surface area contributed by atoms with Crippen molar-refractivity contribution < 1.29 is 14.3 Å². The van der Waals surface area contributed by atoms with Crippen LogP contribution in [0.25, 0.3) is 0 Å². The minimum Gasteiger partial charge on any atom is -0.497 e. The second kappa shape index (κ2) is 7.48. The van der Waals surface area contributed by atoms with Crippen LogP contribution >= 0.6 is 0 Å². The van der Waals surface area contributed by atoms with Gasteiger partial charge in [-0.1, -0.05) is 37.6 Å². The van der Waals surface area contributed by atoms with Crippen molar-refractivity contribution in [2.24, 2.45) is 0 Å². The highest BCUT2D eigenvalue weighted by Gasteiger charge is 2.08. The van der Waals surface area contributed by atoms with Crippen LogP contribution in [0, 0.1) is 0 Å². The van der Waals surface area contributed by atoms with E-state index in [1.54, 1.807) is 25.3 Å². The fraction of sp³-hybridized carbons (Fsp3) is 0.278. The van der Waals surface area contributed by atoms with Crippen LogP contribution in [0.4, 0.5) is 0 Å². The highest BCUT2D eigenvalue weighted by Crippen LogP contribution is 2.16. The quantitative estimate of drug-likeness (QED) is 0.723. The summed E-state index contributed by atoms with van der Waals surface area (Å²) >= 11 is 0. The molecule has 2 aromatic rings. The zero-order valence-electron chi connectivity index (χ0n) is 12.5. The summed E-state index contributed by atoms with van der Waals surface area (Å²) in [5.41, 5.74) is 1.88. The first-order valence-electron chi connectivity index (χ1n) is 7.12. The van der Waals surface area contributed by atoms with Crippen molar-refractivity contribution in [3.05, 3.63) is 59.7 Å². The van der Waals surface area contributed by atoms with E-state index in [9.17, 15) is 4.79 Å². The molecule has 0 N–H and O–H groups in total. The van der Waals surface area contributed by atoms with Crippen LogP contribution in [-0.2, 0) is 6.42 Å². The maximum atomic E-state index is 12.1. The lowest BCUT2D eigenvalue weighted by molar-refractivity contribution is 0.0921. The fourth-order valence-corrected chi connectivity index (χ4v) is 2.07. The number of methoxy groups -OCH3 is 1. The Morgan fingerprint density at radius 2 is 1.81 bits per heavy atom. The Morgan fingerprint density at radius 1 is 1.05 bits per heavy atom. The van der Waals surface area contributed by atoms with Crippen LogP contribution in [0.2, 0.25) is 0 Å². The lowest BCUT2D eigenvalue weighted by Crippen LogP contribution is -2.11. The van der Waals surface area contributed by atoms with Gasteiger partial charge in [0.05, 0.1) is 7.11 Å². The Balaban J connectivity index is 1.93. The molecular formula is C18H20O3. The molecule has 0 unspecified atom stereocenters. The summed E-state index contributed by atoms with van der Waals surface area (Å²) in [7, 11) is 1.58. The molecule has 3 heteroatoms. The molecule has 0 aliphatic heterocycles. The van der Waals surface area contributed by atoms with Crippen molar-refractivity contribution in [1.29, 1.82) is 0 Å². The van der Waals surface area contributed by atoms with Gasteiger partial charge < -0.3 is 9.47 Å². The van der Waals surface area contributed by atoms with Gasteiger partial charge in [0.15, 0.2) is 12.4 Å². The Hall–Kier alpha value is -2.29. The van der Waals surface area contributed by atoms with Gasteiger partial charge in [-0.3, -0.25) is 4.79 Å². The SMILES string of the molecule is CCCc1ccc(OCC(=O)c2cccc(OC)c2)cc1. The number of carbonyl (C=O) groups is 1. The van der Waals surface area contributed by atoms with Crippen LogP contribution < -0.4 is 9.47 Å². The molecule has 21 heavy (non-hydrogen) atoms. The van der Waals surface area contributed by atoms with Gasteiger partial charge in [-0.15, -0.1) is 0 Å². The predicted molar refractivity (Wildman–Crippen MR) is 83.3 cm³/mol. The van der Waals surface area contributed by atoms with Crippen molar-refractivity contribution >= 4 is 5.78 Å². The molecule has 0 bridgehead atoms. The van der Waals surface area contributed by atoms with Crippen LogP contribution in [0.5, 0.6) is 11.5 Å². The number of rotatable bonds is 7. The summed E-state index contributed by atoms with van der Waals surface area (Å²) in [6.07, 6.45) is 2.18. The van der Waals surface area contributed by atoms with E-state index in [0.29, 0.717) is 17.1 Å². The number of carbonyl (C=O) groups excluding carboxylic acids is 1. The third-order valence-electron chi connectivity index (χ3n) is 3.22. The standard InChI is InChI=1S/C18H20O3/c1-3-5-14-8-10-16(11-9-14)21-13-18(19)15-6-4-7-17(12-15)20-2/h4,6-12H,3,5,13H2,1-2H3. The highest BCUT2D eigenvalue weighted by atomic mass is 16.5. The Morgan fingerprint density at radius 3 is 2.48 bits per heavy atom. The van der Waals surface area contributed by atoms with Crippen molar-refractivity contribution in [3.63, 3.8) is 0 Å². The van der Waals surface area contributed by atoms with E-state index in [-0.39, 0.29) is 12.4 Å². The van der Waals surface area contributed by atoms with Gasteiger partial charge in [0.25, 0.3) is 0 Å². The largest absolute Gasteiger partial charge is 0.497 e. The second-order valence-corrected chi connectivity index (χ2v) is 4.84. The maximum Gasteiger partial charge on any atom is 0.200 e. The van der Waals surface area contributed by atoms with Gasteiger partial charge in [0.2, 0.25) is 0 Å². The number of ketones is 1. The predicted octanol–water partition coefficient (Wildman–Crippen LogP) is 3.91. The van der Waals surface area contributed by atoms with E-state index in [4.69, 9.17) is 9.47 Å². The maximum absolute atomic E-state index is 12.1. The topological polar surface area (TPSA) is 35.5 Å². The molecule has 0 saturated carbocycles. The lowest BCUT2D eigenvalue weighted by Gasteiger charge is -2.07. The number of Topliss-reactive ketones (excluding diaryl/α,β-unsaturated/α-hetero) is 1. The number of ether oxygens (including phenoxy) is 2. The van der Waals surface area contributed by atoms with Crippen molar-refractivity contribution in [2.75, 3.05) is 13.7 Å². The van der Waals surface area contributed by atoms with Gasteiger partial charge >= 0.3 is 0 Å². The molecule has 0 aliphatic rings. The number of hydrogen-bond acceptors (Lipinski definition) is 3. The zero-order chi connectivity index (χ0) is 15.1. The molecule has 2 rings (SSSR count). The van der Waals surface area contributed by atoms with Gasteiger partial charge in [0, 0.05) is 5.56 Å². The second-order valence-electron chi connectivity index (χ2n) is 4.84. The van der Waals surface area contributed by atoms with Gasteiger partial charge in [-0.05, 0) is 36.2 Å². The molecule has 0 aliphatic carbocycles. The molecular weight excluding hydrogens is 264 g/mol. The smallest absolute Gasteiger partial charge is 0.200 e. The van der Waals surface area contributed by atoms with E-state index in [0.717, 1.165) is 12.8 Å². The van der Waals surface area contributed by atoms with E-state index in [1.165, 1.54) is 5.56 Å². The molecule has 0 fully saturated rings. The fourth-order valence-electron chi connectivity index (χ4n) is 2.07. The average molecular weight is 284 g/mol. The Labute approximate surface area is 125 Å².